The molecule has 0 fully saturated rings. The Morgan fingerprint density at radius 1 is 1.03 bits per heavy atom. The van der Waals surface area contributed by atoms with E-state index in [-0.39, 0.29) is 12.0 Å². The van der Waals surface area contributed by atoms with Crippen LogP contribution in [0.4, 0.5) is 5.69 Å². The molecule has 30 heavy (non-hydrogen) atoms. The Hall–Kier alpha value is -1.24. The van der Waals surface area contributed by atoms with Crippen molar-refractivity contribution in [3.05, 3.63) is 53.1 Å². The second-order valence-corrected chi connectivity index (χ2v) is 11.0. The molecule has 4 N–H and O–H groups in total. The van der Waals surface area contributed by atoms with Gasteiger partial charge in [0.25, 0.3) is 0 Å². The lowest BCUT2D eigenvalue weighted by atomic mass is 9.87. The quantitative estimate of drug-likeness (QED) is 0.259. The van der Waals surface area contributed by atoms with Crippen molar-refractivity contribution in [2.75, 3.05) is 18.5 Å². The first-order valence-electron chi connectivity index (χ1n) is 9.58. The zero-order chi connectivity index (χ0) is 23.0. The van der Waals surface area contributed by atoms with E-state index in [0.29, 0.717) is 0 Å². The molecule has 0 amide bonds. The summed E-state index contributed by atoms with van der Waals surface area (Å²) in [6.45, 7) is 10.9. The van der Waals surface area contributed by atoms with E-state index in [1.807, 2.05) is 13.8 Å². The maximum absolute atomic E-state index is 11.3. The number of phosphoric acid groups is 2. The Morgan fingerprint density at radius 2 is 1.63 bits per heavy atom. The van der Waals surface area contributed by atoms with E-state index in [9.17, 15) is 14.0 Å². The Bertz CT molecular complexity index is 836. The zero-order valence-electron chi connectivity index (χ0n) is 18.2. The number of allylic oxidation sites excluding steroid dienone is 2. The highest BCUT2D eigenvalue weighted by Crippen LogP contribution is 2.57. The molecule has 1 atom stereocenters. The fraction of sp³-hybridized carbons (Fsp3) is 0.500. The molecule has 0 aliphatic heterocycles. The van der Waals surface area contributed by atoms with Crippen LogP contribution in [0, 0.1) is 0 Å². The lowest BCUT2D eigenvalue weighted by Gasteiger charge is -2.19. The second kappa shape index (κ2) is 11.4. The van der Waals surface area contributed by atoms with Crippen LogP contribution in [0.2, 0.25) is 0 Å². The van der Waals surface area contributed by atoms with Gasteiger partial charge in [0.05, 0.1) is 6.61 Å². The Kier molecular flexibility index (Phi) is 10.2. The van der Waals surface area contributed by atoms with Crippen molar-refractivity contribution >= 4 is 21.3 Å². The van der Waals surface area contributed by atoms with Gasteiger partial charge in [0.15, 0.2) is 0 Å². The third-order valence-electron chi connectivity index (χ3n) is 4.23. The monoisotopic (exact) mass is 461 g/mol. The molecule has 1 unspecified atom stereocenters. The van der Waals surface area contributed by atoms with Gasteiger partial charge in [-0.25, -0.2) is 9.13 Å². The van der Waals surface area contributed by atoms with Crippen LogP contribution in [-0.4, -0.2) is 27.8 Å². The molecule has 0 aromatic heterocycles. The van der Waals surface area contributed by atoms with Crippen LogP contribution < -0.4 is 5.32 Å². The van der Waals surface area contributed by atoms with E-state index in [4.69, 9.17) is 9.79 Å². The lowest BCUT2D eigenvalue weighted by molar-refractivity contribution is 0.191. The summed E-state index contributed by atoms with van der Waals surface area (Å²) in [7, 11) is -9.88. The van der Waals surface area contributed by atoms with Crippen molar-refractivity contribution in [1.29, 1.82) is 0 Å². The molecule has 1 rings (SSSR count). The molecule has 0 spiro atoms. The molecule has 0 bridgehead atoms. The van der Waals surface area contributed by atoms with Gasteiger partial charge in [-0.3, -0.25) is 4.52 Å². The molecule has 1 aromatic rings. The van der Waals surface area contributed by atoms with Crippen LogP contribution in [0.3, 0.4) is 0 Å². The smallest absolute Gasteiger partial charge is 0.381 e. The molecule has 8 nitrogen and oxygen atoms in total. The molecule has 0 radical (unpaired) electrons. The number of rotatable bonds is 11. The summed E-state index contributed by atoms with van der Waals surface area (Å²) in [4.78, 5) is 26.3. The van der Waals surface area contributed by atoms with Crippen LogP contribution in [0.5, 0.6) is 0 Å². The standard InChI is InChI=1S/C20H33NO7P2/c1-16(13-14-27-30(25,26)28-29(22,23)24)7-6-8-17(2)15-21-19-11-9-18(10-12-19)20(3,4)5/h8-13,21H,6-7,14-15H2,1-5H3,(H,25,26)(H2,22,23,24)/b16-13+,17-8+. The minimum Gasteiger partial charge on any atom is -0.381 e. The van der Waals surface area contributed by atoms with E-state index in [1.165, 1.54) is 11.1 Å². The molecular weight excluding hydrogens is 428 g/mol. The largest absolute Gasteiger partial charge is 0.481 e. The summed E-state index contributed by atoms with van der Waals surface area (Å²) < 4.78 is 30.2. The molecule has 0 aliphatic carbocycles. The molecule has 0 heterocycles. The minimum absolute atomic E-state index is 0.131. The van der Waals surface area contributed by atoms with E-state index in [0.717, 1.165) is 30.6 Å². The predicted molar refractivity (Wildman–Crippen MR) is 119 cm³/mol. The summed E-state index contributed by atoms with van der Waals surface area (Å²) in [5.74, 6) is 0. The molecular formula is C20H33NO7P2. The topological polar surface area (TPSA) is 125 Å². The fourth-order valence-electron chi connectivity index (χ4n) is 2.48. The maximum Gasteiger partial charge on any atom is 0.481 e. The van der Waals surface area contributed by atoms with Gasteiger partial charge in [-0.15, -0.1) is 0 Å². The fourth-order valence-corrected chi connectivity index (χ4v) is 4.01. The first-order valence-corrected chi connectivity index (χ1v) is 12.6. The number of phosphoric ester groups is 1. The van der Waals surface area contributed by atoms with Crippen LogP contribution in [0.25, 0.3) is 0 Å². The van der Waals surface area contributed by atoms with Crippen molar-refractivity contribution in [3.8, 4) is 0 Å². The number of nitrogens with one attached hydrogen (secondary N) is 1. The SMILES string of the molecule is C/C(=C\COP(=O)(O)OP(=O)(O)O)CC/C=C(\C)CNc1ccc(C(C)(C)C)cc1. The first-order chi connectivity index (χ1) is 13.7. The average molecular weight is 461 g/mol. The summed E-state index contributed by atoms with van der Waals surface area (Å²) in [6, 6.07) is 8.43. The second-order valence-electron chi connectivity index (χ2n) is 8.16. The van der Waals surface area contributed by atoms with Crippen molar-refractivity contribution in [1.82, 2.24) is 0 Å². The Morgan fingerprint density at radius 3 is 2.17 bits per heavy atom. The van der Waals surface area contributed by atoms with E-state index in [1.54, 1.807) is 6.08 Å². The molecule has 1 aromatic carbocycles. The van der Waals surface area contributed by atoms with Gasteiger partial charge in [-0.2, -0.15) is 4.31 Å². The van der Waals surface area contributed by atoms with Crippen LogP contribution >= 0.6 is 15.6 Å². The van der Waals surface area contributed by atoms with Gasteiger partial charge < -0.3 is 20.0 Å². The highest BCUT2D eigenvalue weighted by molar-refractivity contribution is 7.60. The summed E-state index contributed by atoms with van der Waals surface area (Å²) in [5.41, 5.74) is 4.59. The number of benzene rings is 1. The summed E-state index contributed by atoms with van der Waals surface area (Å²) in [5, 5.41) is 3.39. The van der Waals surface area contributed by atoms with Crippen LogP contribution in [0.1, 0.15) is 53.0 Å². The third-order valence-corrected chi connectivity index (χ3v) is 6.38. The van der Waals surface area contributed by atoms with E-state index < -0.39 is 15.6 Å². The van der Waals surface area contributed by atoms with Gasteiger partial charge in [0.2, 0.25) is 0 Å². The maximum atomic E-state index is 11.3. The lowest BCUT2D eigenvalue weighted by Crippen LogP contribution is -2.11. The molecule has 0 saturated heterocycles. The average Bonchev–Trinajstić information content (AvgIpc) is 2.57. The van der Waals surface area contributed by atoms with Crippen molar-refractivity contribution in [2.45, 2.75) is 52.9 Å². The van der Waals surface area contributed by atoms with E-state index >= 15 is 0 Å². The van der Waals surface area contributed by atoms with Gasteiger partial charge in [0, 0.05) is 12.2 Å². The summed E-state index contributed by atoms with van der Waals surface area (Å²) in [6.07, 6.45) is 5.19. The van der Waals surface area contributed by atoms with Gasteiger partial charge in [0.1, 0.15) is 0 Å². The molecule has 170 valence electrons. The predicted octanol–water partition coefficient (Wildman–Crippen LogP) is 5.30. The number of hydrogen-bond donors (Lipinski definition) is 4. The highest BCUT2D eigenvalue weighted by atomic mass is 31.3. The zero-order valence-corrected chi connectivity index (χ0v) is 20.0. The van der Waals surface area contributed by atoms with Crippen molar-refractivity contribution < 1.29 is 32.6 Å². The minimum atomic E-state index is -5.09. The number of anilines is 1. The highest BCUT2D eigenvalue weighted by Gasteiger charge is 2.31. The Labute approximate surface area is 178 Å². The molecule has 10 heteroatoms. The van der Waals surface area contributed by atoms with Gasteiger partial charge >= 0.3 is 15.6 Å². The van der Waals surface area contributed by atoms with Crippen molar-refractivity contribution in [3.63, 3.8) is 0 Å². The van der Waals surface area contributed by atoms with E-state index in [2.05, 4.69) is 65.3 Å². The van der Waals surface area contributed by atoms with Crippen molar-refractivity contribution in [2.24, 2.45) is 0 Å². The number of hydrogen-bond acceptors (Lipinski definition) is 5. The van der Waals surface area contributed by atoms with Crippen LogP contribution in [-0.2, 0) is 23.4 Å². The summed E-state index contributed by atoms with van der Waals surface area (Å²) >= 11 is 0. The van der Waals surface area contributed by atoms with Gasteiger partial charge in [-0.1, -0.05) is 56.2 Å². The van der Waals surface area contributed by atoms with Gasteiger partial charge in [-0.05, 0) is 49.8 Å². The van der Waals surface area contributed by atoms with Crippen LogP contribution in [0.15, 0.2) is 47.6 Å². The third kappa shape index (κ3) is 11.8. The normalized spacial score (nSPS) is 15.7. The molecule has 0 saturated carbocycles. The molecule has 0 aliphatic rings. The first kappa shape index (κ1) is 26.8. The Balaban J connectivity index is 2.39.